The fourth-order valence-electron chi connectivity index (χ4n) is 2.09. The van der Waals surface area contributed by atoms with Crippen LogP contribution in [0.15, 0.2) is 47.0 Å². The number of halogens is 1. The fourth-order valence-corrected chi connectivity index (χ4v) is 2.32. The average molecular weight is 302 g/mol. The van der Waals surface area contributed by atoms with Crippen molar-refractivity contribution in [2.45, 2.75) is 13.3 Å². The first-order chi connectivity index (χ1) is 10.1. The highest BCUT2D eigenvalue weighted by Gasteiger charge is 2.14. The lowest BCUT2D eigenvalue weighted by atomic mass is 10.2. The van der Waals surface area contributed by atoms with Gasteiger partial charge >= 0.3 is 5.97 Å². The smallest absolute Gasteiger partial charge is 0.317 e. The summed E-state index contributed by atoms with van der Waals surface area (Å²) >= 11 is 5.87. The van der Waals surface area contributed by atoms with Crippen LogP contribution in [0.3, 0.4) is 0 Å². The molecule has 1 heterocycles. The van der Waals surface area contributed by atoms with Crippen LogP contribution in [0.5, 0.6) is 5.75 Å². The zero-order valence-electron chi connectivity index (χ0n) is 11.3. The van der Waals surface area contributed by atoms with Gasteiger partial charge in [0.25, 0.3) is 0 Å². The van der Waals surface area contributed by atoms with E-state index in [1.165, 1.54) is 0 Å². The third-order valence-electron chi connectivity index (χ3n) is 3.12. The molecule has 0 saturated carbocycles. The molecule has 0 N–H and O–H groups in total. The molecule has 3 aromatic rings. The summed E-state index contributed by atoms with van der Waals surface area (Å²) in [5.74, 6) is 0.108. The van der Waals surface area contributed by atoms with Gasteiger partial charge in [-0.2, -0.15) is 0 Å². The number of esters is 1. The standard InChI is InChI=1S/C16H12ClNO3/c1-10-8-11(17)6-7-14(10)20-16(19)9-13-12-4-2-3-5-15(12)21-18-13/h2-8H,9H2,1H3. The van der Waals surface area contributed by atoms with Crippen molar-refractivity contribution >= 4 is 28.5 Å². The summed E-state index contributed by atoms with van der Waals surface area (Å²) in [4.78, 5) is 12.0. The molecular formula is C16H12ClNO3. The molecule has 0 unspecified atom stereocenters. The van der Waals surface area contributed by atoms with Gasteiger partial charge in [0.1, 0.15) is 11.4 Å². The summed E-state index contributed by atoms with van der Waals surface area (Å²) < 4.78 is 10.5. The second kappa shape index (κ2) is 5.58. The minimum Gasteiger partial charge on any atom is -0.426 e. The van der Waals surface area contributed by atoms with Crippen molar-refractivity contribution in [3.05, 3.63) is 58.7 Å². The van der Waals surface area contributed by atoms with Crippen LogP contribution in [0, 0.1) is 6.92 Å². The summed E-state index contributed by atoms with van der Waals surface area (Å²) in [5, 5.41) is 5.34. The molecule has 2 aromatic carbocycles. The first-order valence-corrected chi connectivity index (χ1v) is 6.81. The molecule has 5 heteroatoms. The lowest BCUT2D eigenvalue weighted by molar-refractivity contribution is -0.133. The van der Waals surface area contributed by atoms with Crippen LogP contribution in [0.25, 0.3) is 11.0 Å². The molecule has 106 valence electrons. The number of para-hydroxylation sites is 1. The highest BCUT2D eigenvalue weighted by atomic mass is 35.5. The Labute approximate surface area is 126 Å². The van der Waals surface area contributed by atoms with Crippen LogP contribution in [0.1, 0.15) is 11.3 Å². The SMILES string of the molecule is Cc1cc(Cl)ccc1OC(=O)Cc1noc2ccccc12. The molecule has 0 radical (unpaired) electrons. The van der Waals surface area contributed by atoms with Crippen molar-refractivity contribution in [2.24, 2.45) is 0 Å². The minimum atomic E-state index is -0.389. The summed E-state index contributed by atoms with van der Waals surface area (Å²) in [6.07, 6.45) is 0.0546. The third-order valence-corrected chi connectivity index (χ3v) is 3.36. The highest BCUT2D eigenvalue weighted by Crippen LogP contribution is 2.23. The van der Waals surface area contributed by atoms with Gasteiger partial charge < -0.3 is 9.26 Å². The predicted octanol–water partition coefficient (Wildman–Crippen LogP) is 3.94. The lowest BCUT2D eigenvalue weighted by Crippen LogP contribution is -2.12. The molecule has 4 nitrogen and oxygen atoms in total. The van der Waals surface area contributed by atoms with Crippen LogP contribution in [0.4, 0.5) is 0 Å². The maximum atomic E-state index is 12.0. The van der Waals surface area contributed by atoms with Crippen molar-refractivity contribution in [1.29, 1.82) is 0 Å². The Morgan fingerprint density at radius 2 is 2.10 bits per heavy atom. The number of rotatable bonds is 3. The van der Waals surface area contributed by atoms with Gasteiger partial charge in [-0.3, -0.25) is 4.79 Å². The van der Waals surface area contributed by atoms with E-state index in [0.717, 1.165) is 10.9 Å². The number of aryl methyl sites for hydroxylation is 1. The van der Waals surface area contributed by atoms with E-state index in [4.69, 9.17) is 20.9 Å². The minimum absolute atomic E-state index is 0.0546. The molecule has 0 fully saturated rings. The van der Waals surface area contributed by atoms with Gasteiger partial charge in [-0.1, -0.05) is 28.9 Å². The van der Waals surface area contributed by atoms with Crippen LogP contribution in [-0.4, -0.2) is 11.1 Å². The molecule has 0 amide bonds. The largest absolute Gasteiger partial charge is 0.426 e. The topological polar surface area (TPSA) is 52.3 Å². The van der Waals surface area contributed by atoms with Crippen molar-refractivity contribution in [2.75, 3.05) is 0 Å². The van der Waals surface area contributed by atoms with Gasteiger partial charge in [-0.05, 0) is 42.8 Å². The van der Waals surface area contributed by atoms with E-state index in [2.05, 4.69) is 5.16 Å². The first kappa shape index (κ1) is 13.6. The molecule has 0 saturated heterocycles. The van der Waals surface area contributed by atoms with E-state index in [9.17, 15) is 4.79 Å². The number of hydrogen-bond acceptors (Lipinski definition) is 4. The van der Waals surface area contributed by atoms with Crippen LogP contribution in [0.2, 0.25) is 5.02 Å². The number of nitrogens with zero attached hydrogens (tertiary/aromatic N) is 1. The summed E-state index contributed by atoms with van der Waals surface area (Å²) in [7, 11) is 0. The van der Waals surface area contributed by atoms with Gasteiger partial charge in [0, 0.05) is 10.4 Å². The van der Waals surface area contributed by atoms with Gasteiger partial charge in [0.15, 0.2) is 5.58 Å². The Morgan fingerprint density at radius 1 is 1.29 bits per heavy atom. The number of carbonyl (C=O) groups is 1. The number of hydrogen-bond donors (Lipinski definition) is 0. The Kier molecular flexibility index (Phi) is 3.62. The quantitative estimate of drug-likeness (QED) is 0.543. The van der Waals surface area contributed by atoms with E-state index in [-0.39, 0.29) is 12.4 Å². The van der Waals surface area contributed by atoms with Gasteiger partial charge in [-0.15, -0.1) is 0 Å². The van der Waals surface area contributed by atoms with Crippen molar-refractivity contribution in [3.63, 3.8) is 0 Å². The lowest BCUT2D eigenvalue weighted by Gasteiger charge is -2.06. The zero-order chi connectivity index (χ0) is 14.8. The number of carbonyl (C=O) groups excluding carboxylic acids is 1. The van der Waals surface area contributed by atoms with Gasteiger partial charge in [0.05, 0.1) is 6.42 Å². The summed E-state index contributed by atoms with van der Waals surface area (Å²) in [6.45, 7) is 1.83. The highest BCUT2D eigenvalue weighted by molar-refractivity contribution is 6.30. The molecule has 1 aromatic heterocycles. The van der Waals surface area contributed by atoms with Crippen molar-refractivity contribution in [1.82, 2.24) is 5.16 Å². The number of ether oxygens (including phenoxy) is 1. The van der Waals surface area contributed by atoms with E-state index < -0.39 is 0 Å². The summed E-state index contributed by atoms with van der Waals surface area (Å²) in [5.41, 5.74) is 2.03. The van der Waals surface area contributed by atoms with Crippen molar-refractivity contribution < 1.29 is 14.1 Å². The van der Waals surface area contributed by atoms with E-state index in [1.54, 1.807) is 24.3 Å². The third kappa shape index (κ3) is 2.90. The Hall–Kier alpha value is -2.33. The summed E-state index contributed by atoms with van der Waals surface area (Å²) in [6, 6.07) is 12.5. The van der Waals surface area contributed by atoms with E-state index in [1.807, 2.05) is 25.1 Å². The van der Waals surface area contributed by atoms with E-state index >= 15 is 0 Å². The van der Waals surface area contributed by atoms with Crippen LogP contribution >= 0.6 is 11.6 Å². The maximum Gasteiger partial charge on any atom is 0.317 e. The normalized spacial score (nSPS) is 10.8. The van der Waals surface area contributed by atoms with Gasteiger partial charge in [0.2, 0.25) is 0 Å². The Morgan fingerprint density at radius 3 is 2.90 bits per heavy atom. The van der Waals surface area contributed by atoms with Crippen LogP contribution in [-0.2, 0) is 11.2 Å². The van der Waals surface area contributed by atoms with Crippen molar-refractivity contribution in [3.8, 4) is 5.75 Å². The number of benzene rings is 2. The monoisotopic (exact) mass is 301 g/mol. The molecule has 0 aliphatic heterocycles. The van der Waals surface area contributed by atoms with E-state index in [0.29, 0.717) is 22.0 Å². The second-order valence-electron chi connectivity index (χ2n) is 4.69. The molecular weight excluding hydrogens is 290 g/mol. The Bertz CT molecular complexity index is 810. The molecule has 0 bridgehead atoms. The molecule has 21 heavy (non-hydrogen) atoms. The second-order valence-corrected chi connectivity index (χ2v) is 5.12. The van der Waals surface area contributed by atoms with Gasteiger partial charge in [-0.25, -0.2) is 0 Å². The fraction of sp³-hybridized carbons (Fsp3) is 0.125. The molecule has 0 aliphatic rings. The molecule has 0 aliphatic carbocycles. The Balaban J connectivity index is 1.77. The molecule has 3 rings (SSSR count). The zero-order valence-corrected chi connectivity index (χ0v) is 12.1. The number of aromatic nitrogens is 1. The number of fused-ring (bicyclic) bond motifs is 1. The molecule has 0 spiro atoms. The first-order valence-electron chi connectivity index (χ1n) is 6.43. The average Bonchev–Trinajstić information content (AvgIpc) is 2.85. The van der Waals surface area contributed by atoms with Crippen LogP contribution < -0.4 is 4.74 Å². The maximum absolute atomic E-state index is 12.0. The molecule has 0 atom stereocenters. The predicted molar refractivity (Wildman–Crippen MR) is 79.5 cm³/mol.